The number of unbranched alkanes of at least 4 members (excludes halogenated alkanes) is 1. The van der Waals surface area contributed by atoms with Crippen LogP contribution in [0.4, 0.5) is 5.69 Å². The fourth-order valence-corrected chi connectivity index (χ4v) is 8.14. The molecule has 47 heavy (non-hydrogen) atoms. The molecule has 4 aromatic carbocycles. The van der Waals surface area contributed by atoms with E-state index in [0.29, 0.717) is 29.8 Å². The maximum atomic E-state index is 13.9. The lowest BCUT2D eigenvalue weighted by Gasteiger charge is -2.26. The molecule has 5 aromatic rings. The zero-order chi connectivity index (χ0) is 33.4. The van der Waals surface area contributed by atoms with Gasteiger partial charge < -0.3 is 5.11 Å². The molecule has 1 heterocycles. The van der Waals surface area contributed by atoms with Gasteiger partial charge >= 0.3 is 5.97 Å². The van der Waals surface area contributed by atoms with Gasteiger partial charge in [0.15, 0.2) is 0 Å². The van der Waals surface area contributed by atoms with E-state index in [2.05, 4.69) is 4.72 Å². The zero-order valence-electron chi connectivity index (χ0n) is 25.4. The summed E-state index contributed by atoms with van der Waals surface area (Å²) in [6, 6.07) is 30.8. The Labute approximate surface area is 280 Å². The molecule has 0 radical (unpaired) electrons. The first kappa shape index (κ1) is 34.1. The van der Waals surface area contributed by atoms with Crippen LogP contribution in [0.3, 0.4) is 0 Å². The number of sulfonamides is 2. The molecule has 0 unspecified atom stereocenters. The molecule has 12 heteroatoms. The van der Waals surface area contributed by atoms with Crippen LogP contribution in [0.5, 0.6) is 0 Å². The van der Waals surface area contributed by atoms with Crippen LogP contribution in [0.1, 0.15) is 40.0 Å². The highest BCUT2D eigenvalue weighted by atomic mass is 35.5. The van der Waals surface area contributed by atoms with Crippen LogP contribution in [0.2, 0.25) is 5.02 Å². The Morgan fingerprint density at radius 2 is 1.51 bits per heavy atom. The number of carboxylic acids is 1. The average molecular weight is 692 g/mol. The molecular weight excluding hydrogens is 658 g/mol. The first-order valence-electron chi connectivity index (χ1n) is 15.0. The average Bonchev–Trinajstić information content (AvgIpc) is 3.05. The molecule has 0 bridgehead atoms. The minimum atomic E-state index is -4.05. The lowest BCUT2D eigenvalue weighted by molar-refractivity contribution is 0.0697. The van der Waals surface area contributed by atoms with Crippen molar-refractivity contribution < 1.29 is 26.7 Å². The van der Waals surface area contributed by atoms with Crippen molar-refractivity contribution >= 4 is 54.2 Å². The molecular formula is C35H34ClN3O6S2. The number of pyridine rings is 1. The van der Waals surface area contributed by atoms with Gasteiger partial charge in [0.05, 0.1) is 27.4 Å². The SMILES string of the molecule is O=C(O)c1ccccc1N(CCCCNS(=O)(=O)c1ccccc1)S(=O)(=O)Cc1cccc(CCc2ccc3ccc(Cl)cc3n2)c1. The Balaban J connectivity index is 1.28. The number of nitrogens with zero attached hydrogens (tertiary/aromatic N) is 2. The number of benzene rings is 4. The van der Waals surface area contributed by atoms with Gasteiger partial charge in [-0.3, -0.25) is 9.29 Å². The van der Waals surface area contributed by atoms with Crippen LogP contribution < -0.4 is 9.03 Å². The van der Waals surface area contributed by atoms with Gasteiger partial charge in [-0.1, -0.05) is 78.3 Å². The summed E-state index contributed by atoms with van der Waals surface area (Å²) in [6.45, 7) is 0.0594. The van der Waals surface area contributed by atoms with Crippen molar-refractivity contribution in [2.45, 2.75) is 36.3 Å². The van der Waals surface area contributed by atoms with E-state index in [4.69, 9.17) is 16.6 Å². The number of carbonyl (C=O) groups is 1. The normalized spacial score (nSPS) is 11.9. The summed E-state index contributed by atoms with van der Waals surface area (Å²) in [4.78, 5) is 16.9. The van der Waals surface area contributed by atoms with E-state index >= 15 is 0 Å². The standard InChI is InChI=1S/C35H34ClN3O6S2/c36-29-18-16-28-17-20-30(38-33(28)24-29)19-15-26-9-8-10-27(23-26)25-46(42,43)39(34-14-5-4-13-32(34)35(40)41)22-7-6-21-37-47(44,45)31-11-2-1-3-12-31/h1-5,8-14,16-18,20,23-24,37H,6-7,15,19,21-22,25H2,(H,40,41). The number of hydrogen-bond acceptors (Lipinski definition) is 6. The highest BCUT2D eigenvalue weighted by Gasteiger charge is 2.27. The molecule has 1 aromatic heterocycles. The van der Waals surface area contributed by atoms with Crippen molar-refractivity contribution in [3.8, 4) is 0 Å². The van der Waals surface area contributed by atoms with Crippen molar-refractivity contribution in [1.82, 2.24) is 9.71 Å². The summed E-state index contributed by atoms with van der Waals surface area (Å²) >= 11 is 6.13. The van der Waals surface area contributed by atoms with Gasteiger partial charge in [0, 0.05) is 29.2 Å². The highest BCUT2D eigenvalue weighted by molar-refractivity contribution is 7.92. The number of rotatable bonds is 15. The van der Waals surface area contributed by atoms with Gasteiger partial charge in [-0.2, -0.15) is 0 Å². The minimum Gasteiger partial charge on any atom is -0.478 e. The Kier molecular flexibility index (Phi) is 10.9. The fraction of sp³-hybridized carbons (Fsp3) is 0.200. The number of fused-ring (bicyclic) bond motifs is 1. The van der Waals surface area contributed by atoms with Gasteiger partial charge in [0.2, 0.25) is 20.0 Å². The molecule has 0 saturated heterocycles. The van der Waals surface area contributed by atoms with Crippen molar-refractivity contribution in [3.63, 3.8) is 0 Å². The summed E-state index contributed by atoms with van der Waals surface area (Å²) in [7, 11) is -7.76. The van der Waals surface area contributed by atoms with Crippen LogP contribution in [-0.2, 0) is 38.6 Å². The van der Waals surface area contributed by atoms with Gasteiger partial charge in [0.1, 0.15) is 0 Å². The number of aromatic nitrogens is 1. The summed E-state index contributed by atoms with van der Waals surface area (Å²) in [5, 5.41) is 11.4. The number of aryl methyl sites for hydroxylation is 2. The lowest BCUT2D eigenvalue weighted by Crippen LogP contribution is -2.35. The third kappa shape index (κ3) is 8.95. The van der Waals surface area contributed by atoms with Crippen molar-refractivity contribution in [3.05, 3.63) is 137 Å². The molecule has 0 aliphatic carbocycles. The number of hydrogen-bond donors (Lipinski definition) is 2. The van der Waals surface area contributed by atoms with Crippen molar-refractivity contribution in [2.75, 3.05) is 17.4 Å². The first-order chi connectivity index (χ1) is 22.5. The van der Waals surface area contributed by atoms with E-state index in [9.17, 15) is 26.7 Å². The van der Waals surface area contributed by atoms with Crippen molar-refractivity contribution in [2.24, 2.45) is 0 Å². The summed E-state index contributed by atoms with van der Waals surface area (Å²) in [5.74, 6) is -1.59. The second-order valence-electron chi connectivity index (χ2n) is 11.0. The predicted molar refractivity (Wildman–Crippen MR) is 185 cm³/mol. The highest BCUT2D eigenvalue weighted by Crippen LogP contribution is 2.27. The molecule has 0 atom stereocenters. The number of para-hydroxylation sites is 1. The quantitative estimate of drug-likeness (QED) is 0.120. The predicted octanol–water partition coefficient (Wildman–Crippen LogP) is 6.47. The smallest absolute Gasteiger partial charge is 0.337 e. The second-order valence-corrected chi connectivity index (χ2v) is 15.1. The van der Waals surface area contributed by atoms with E-state index in [0.717, 1.165) is 26.5 Å². The Bertz CT molecular complexity index is 2090. The molecule has 0 saturated carbocycles. The molecule has 2 N–H and O–H groups in total. The van der Waals surface area contributed by atoms with Crippen LogP contribution in [-0.4, -0.2) is 46.0 Å². The minimum absolute atomic E-state index is 0.0307. The molecule has 0 aliphatic heterocycles. The van der Waals surface area contributed by atoms with E-state index in [1.165, 1.54) is 24.3 Å². The molecule has 9 nitrogen and oxygen atoms in total. The van der Waals surface area contributed by atoms with E-state index in [-0.39, 0.29) is 41.4 Å². The van der Waals surface area contributed by atoms with E-state index in [1.54, 1.807) is 36.4 Å². The summed E-state index contributed by atoms with van der Waals surface area (Å²) < 4.78 is 56.6. The van der Waals surface area contributed by atoms with Crippen LogP contribution in [0.25, 0.3) is 10.9 Å². The topological polar surface area (TPSA) is 134 Å². The molecule has 244 valence electrons. The maximum Gasteiger partial charge on any atom is 0.337 e. The van der Waals surface area contributed by atoms with Crippen LogP contribution in [0.15, 0.2) is 114 Å². The van der Waals surface area contributed by atoms with Gasteiger partial charge in [-0.15, -0.1) is 0 Å². The second kappa shape index (κ2) is 15.1. The van der Waals surface area contributed by atoms with Gasteiger partial charge in [-0.05, 0) is 79.3 Å². The molecule has 5 rings (SSSR count). The van der Waals surface area contributed by atoms with E-state index < -0.39 is 26.0 Å². The number of nitrogens with one attached hydrogen (secondary N) is 1. The fourth-order valence-electron chi connectivity index (χ4n) is 5.26. The number of anilines is 1. The summed E-state index contributed by atoms with van der Waals surface area (Å²) in [5.41, 5.74) is 3.12. The van der Waals surface area contributed by atoms with Crippen LogP contribution >= 0.6 is 11.6 Å². The van der Waals surface area contributed by atoms with Gasteiger partial charge in [0.25, 0.3) is 0 Å². The molecule has 0 fully saturated rings. The molecule has 0 aliphatic rings. The lowest BCUT2D eigenvalue weighted by atomic mass is 10.0. The van der Waals surface area contributed by atoms with E-state index in [1.807, 2.05) is 48.5 Å². The Morgan fingerprint density at radius 1 is 0.787 bits per heavy atom. The third-order valence-electron chi connectivity index (χ3n) is 7.59. The number of aromatic carboxylic acids is 1. The Morgan fingerprint density at radius 3 is 2.30 bits per heavy atom. The largest absolute Gasteiger partial charge is 0.478 e. The number of carboxylic acid groups (broad SMARTS) is 1. The maximum absolute atomic E-state index is 13.9. The third-order valence-corrected chi connectivity index (χ3v) is 11.1. The van der Waals surface area contributed by atoms with Gasteiger partial charge in [-0.25, -0.2) is 26.4 Å². The Hall–Kier alpha value is -4.29. The van der Waals surface area contributed by atoms with Crippen molar-refractivity contribution in [1.29, 1.82) is 0 Å². The first-order valence-corrected chi connectivity index (χ1v) is 18.5. The summed E-state index contributed by atoms with van der Waals surface area (Å²) in [6.07, 6.45) is 1.90. The van der Waals surface area contributed by atoms with Crippen LogP contribution in [0, 0.1) is 0 Å². The molecule has 0 amide bonds. The zero-order valence-corrected chi connectivity index (χ0v) is 27.8. The monoisotopic (exact) mass is 691 g/mol. The number of halogens is 1. The molecule has 0 spiro atoms.